The van der Waals surface area contributed by atoms with Crippen LogP contribution in [0.1, 0.15) is 20.8 Å². The first kappa shape index (κ1) is 10.8. The standard InChI is InChI=1S/C9H15FN4/c1-6(11)9(2,3)14-8-12-4-7(10)5-13-8/h4-6H,11H2,1-3H3,(H,12,13,14). The van der Waals surface area contributed by atoms with Gasteiger partial charge in [-0.25, -0.2) is 14.4 Å². The van der Waals surface area contributed by atoms with Gasteiger partial charge in [-0.1, -0.05) is 0 Å². The van der Waals surface area contributed by atoms with Crippen molar-refractivity contribution in [3.63, 3.8) is 0 Å². The first-order valence-corrected chi connectivity index (χ1v) is 4.43. The molecule has 0 spiro atoms. The number of rotatable bonds is 3. The molecular formula is C9H15FN4. The summed E-state index contributed by atoms with van der Waals surface area (Å²) in [6.45, 7) is 5.76. The minimum absolute atomic E-state index is 0.0591. The lowest BCUT2D eigenvalue weighted by Crippen LogP contribution is -2.47. The molecule has 4 nitrogen and oxygen atoms in total. The Kier molecular flexibility index (Phi) is 3.00. The van der Waals surface area contributed by atoms with Gasteiger partial charge in [-0.2, -0.15) is 0 Å². The summed E-state index contributed by atoms with van der Waals surface area (Å²) in [7, 11) is 0. The lowest BCUT2D eigenvalue weighted by atomic mass is 9.97. The van der Waals surface area contributed by atoms with Gasteiger partial charge in [0.15, 0.2) is 5.82 Å². The average Bonchev–Trinajstić information content (AvgIpc) is 2.08. The van der Waals surface area contributed by atoms with Gasteiger partial charge in [0.1, 0.15) is 0 Å². The maximum atomic E-state index is 12.5. The summed E-state index contributed by atoms with van der Waals surface area (Å²) in [5, 5.41) is 3.03. The molecule has 1 rings (SSSR count). The van der Waals surface area contributed by atoms with Gasteiger partial charge in [-0.05, 0) is 20.8 Å². The Morgan fingerprint density at radius 2 is 1.93 bits per heavy atom. The zero-order valence-corrected chi connectivity index (χ0v) is 8.58. The van der Waals surface area contributed by atoms with Crippen LogP contribution in [0, 0.1) is 5.82 Å². The molecule has 14 heavy (non-hydrogen) atoms. The molecule has 1 aromatic heterocycles. The van der Waals surface area contributed by atoms with E-state index in [1.807, 2.05) is 20.8 Å². The molecule has 0 fully saturated rings. The molecule has 1 unspecified atom stereocenters. The zero-order chi connectivity index (χ0) is 10.8. The number of anilines is 1. The third-order valence-electron chi connectivity index (χ3n) is 2.19. The van der Waals surface area contributed by atoms with E-state index in [1.54, 1.807) is 0 Å². The summed E-state index contributed by atoms with van der Waals surface area (Å²) in [6.07, 6.45) is 2.24. The molecule has 5 heteroatoms. The van der Waals surface area contributed by atoms with E-state index in [0.717, 1.165) is 12.4 Å². The molecule has 0 radical (unpaired) electrons. The molecule has 0 aliphatic carbocycles. The molecule has 1 heterocycles. The van der Waals surface area contributed by atoms with Gasteiger partial charge in [0.25, 0.3) is 0 Å². The van der Waals surface area contributed by atoms with E-state index in [9.17, 15) is 4.39 Å². The third-order valence-corrected chi connectivity index (χ3v) is 2.19. The highest BCUT2D eigenvalue weighted by Crippen LogP contribution is 2.13. The van der Waals surface area contributed by atoms with Crippen LogP contribution < -0.4 is 11.1 Å². The number of aromatic nitrogens is 2. The summed E-state index contributed by atoms with van der Waals surface area (Å²) in [6, 6.07) is -0.0591. The second-order valence-electron chi connectivity index (χ2n) is 3.86. The smallest absolute Gasteiger partial charge is 0.223 e. The van der Waals surface area contributed by atoms with Crippen LogP contribution in [0.5, 0.6) is 0 Å². The van der Waals surface area contributed by atoms with Crippen molar-refractivity contribution in [3.05, 3.63) is 18.2 Å². The highest BCUT2D eigenvalue weighted by Gasteiger charge is 2.23. The minimum atomic E-state index is -0.450. The van der Waals surface area contributed by atoms with Gasteiger partial charge in [0, 0.05) is 11.6 Å². The summed E-state index contributed by atoms with van der Waals surface area (Å²) in [5.74, 6) is -0.0668. The number of nitrogens with two attached hydrogens (primary N) is 1. The molecule has 0 aromatic carbocycles. The first-order chi connectivity index (χ1) is 6.42. The maximum absolute atomic E-state index is 12.5. The second kappa shape index (κ2) is 3.88. The molecule has 0 amide bonds. The molecule has 0 saturated heterocycles. The molecule has 3 N–H and O–H groups in total. The number of halogens is 1. The highest BCUT2D eigenvalue weighted by atomic mass is 19.1. The van der Waals surface area contributed by atoms with Crippen molar-refractivity contribution < 1.29 is 4.39 Å². The summed E-state index contributed by atoms with van der Waals surface area (Å²) in [4.78, 5) is 7.59. The topological polar surface area (TPSA) is 63.8 Å². The van der Waals surface area contributed by atoms with E-state index in [1.165, 1.54) is 0 Å². The maximum Gasteiger partial charge on any atom is 0.223 e. The number of nitrogens with one attached hydrogen (secondary N) is 1. The lowest BCUT2D eigenvalue weighted by molar-refractivity contribution is 0.466. The van der Waals surface area contributed by atoms with Crippen LogP contribution in [0.3, 0.4) is 0 Å². The van der Waals surface area contributed by atoms with Crippen LogP contribution in [0.2, 0.25) is 0 Å². The van der Waals surface area contributed by atoms with Crippen LogP contribution >= 0.6 is 0 Å². The van der Waals surface area contributed by atoms with Crippen molar-refractivity contribution in [2.75, 3.05) is 5.32 Å². The average molecular weight is 198 g/mol. The largest absolute Gasteiger partial charge is 0.348 e. The van der Waals surface area contributed by atoms with Crippen LogP contribution in [0.4, 0.5) is 10.3 Å². The van der Waals surface area contributed by atoms with E-state index in [0.29, 0.717) is 5.95 Å². The van der Waals surface area contributed by atoms with Crippen LogP contribution in [-0.4, -0.2) is 21.5 Å². The molecule has 78 valence electrons. The molecule has 1 atom stereocenters. The Morgan fingerprint density at radius 1 is 1.43 bits per heavy atom. The van der Waals surface area contributed by atoms with E-state index >= 15 is 0 Å². The molecule has 0 aliphatic heterocycles. The van der Waals surface area contributed by atoms with E-state index < -0.39 is 5.82 Å². The minimum Gasteiger partial charge on any atom is -0.348 e. The SMILES string of the molecule is CC(N)C(C)(C)Nc1ncc(F)cn1. The van der Waals surface area contributed by atoms with Crippen LogP contribution in [-0.2, 0) is 0 Å². The predicted octanol–water partition coefficient (Wildman–Crippen LogP) is 1.15. The van der Waals surface area contributed by atoms with Crippen LogP contribution in [0.25, 0.3) is 0 Å². The van der Waals surface area contributed by atoms with Crippen molar-refractivity contribution in [1.29, 1.82) is 0 Å². The fraction of sp³-hybridized carbons (Fsp3) is 0.556. The van der Waals surface area contributed by atoms with E-state index in [2.05, 4.69) is 15.3 Å². The van der Waals surface area contributed by atoms with Gasteiger partial charge >= 0.3 is 0 Å². The summed E-state index contributed by atoms with van der Waals surface area (Å²) >= 11 is 0. The van der Waals surface area contributed by atoms with Crippen molar-refractivity contribution in [1.82, 2.24) is 9.97 Å². The second-order valence-corrected chi connectivity index (χ2v) is 3.86. The van der Waals surface area contributed by atoms with Gasteiger partial charge in [-0.15, -0.1) is 0 Å². The highest BCUT2D eigenvalue weighted by molar-refractivity contribution is 5.28. The van der Waals surface area contributed by atoms with E-state index in [4.69, 9.17) is 5.73 Å². The van der Waals surface area contributed by atoms with Gasteiger partial charge in [0.05, 0.1) is 12.4 Å². The quantitative estimate of drug-likeness (QED) is 0.764. The molecule has 0 saturated carbocycles. The molecule has 0 aliphatic rings. The monoisotopic (exact) mass is 198 g/mol. The fourth-order valence-electron chi connectivity index (χ4n) is 0.779. The van der Waals surface area contributed by atoms with Crippen molar-refractivity contribution in [3.8, 4) is 0 Å². The Balaban J connectivity index is 2.74. The Labute approximate surface area is 82.8 Å². The van der Waals surface area contributed by atoms with Crippen molar-refractivity contribution >= 4 is 5.95 Å². The fourth-order valence-corrected chi connectivity index (χ4v) is 0.779. The van der Waals surface area contributed by atoms with Crippen LogP contribution in [0.15, 0.2) is 12.4 Å². The van der Waals surface area contributed by atoms with Gasteiger partial charge in [-0.3, -0.25) is 0 Å². The Hall–Kier alpha value is -1.23. The first-order valence-electron chi connectivity index (χ1n) is 4.43. The molecule has 1 aromatic rings. The Morgan fingerprint density at radius 3 is 2.36 bits per heavy atom. The van der Waals surface area contributed by atoms with Gasteiger partial charge in [0.2, 0.25) is 5.95 Å². The summed E-state index contributed by atoms with van der Waals surface area (Å²) in [5.41, 5.74) is 5.43. The van der Waals surface area contributed by atoms with Gasteiger partial charge < -0.3 is 11.1 Å². The van der Waals surface area contributed by atoms with Crippen molar-refractivity contribution in [2.45, 2.75) is 32.4 Å². The zero-order valence-electron chi connectivity index (χ0n) is 8.58. The number of hydrogen-bond acceptors (Lipinski definition) is 4. The summed E-state index contributed by atoms with van der Waals surface area (Å²) < 4.78 is 12.5. The van der Waals surface area contributed by atoms with E-state index in [-0.39, 0.29) is 11.6 Å². The van der Waals surface area contributed by atoms with Crippen molar-refractivity contribution in [2.24, 2.45) is 5.73 Å². The lowest BCUT2D eigenvalue weighted by Gasteiger charge is -2.30. The predicted molar refractivity (Wildman–Crippen MR) is 53.3 cm³/mol. The number of hydrogen-bond donors (Lipinski definition) is 2. The molecule has 0 bridgehead atoms. The third kappa shape index (κ3) is 2.63. The molecular weight excluding hydrogens is 183 g/mol. The normalized spacial score (nSPS) is 13.8. The number of nitrogens with zero attached hydrogens (tertiary/aromatic N) is 2. The Bertz CT molecular complexity index is 294.